The highest BCUT2D eigenvalue weighted by molar-refractivity contribution is 6.30. The Balaban J connectivity index is 1.58. The molecular weight excluding hydrogens is 456 g/mol. The Hall–Kier alpha value is -4.05. The first-order valence-electron chi connectivity index (χ1n) is 9.51. The van der Waals surface area contributed by atoms with Crippen molar-refractivity contribution in [3.63, 3.8) is 0 Å². The van der Waals surface area contributed by atoms with Crippen LogP contribution in [-0.2, 0) is 16.1 Å². The lowest BCUT2D eigenvalue weighted by Crippen LogP contribution is -2.28. The Kier molecular flexibility index (Phi) is 7.52. The molecule has 0 saturated carbocycles. The SMILES string of the molecule is COc1cc(C(=O)OCC(=O)NCc2ccc(-c3ccc(Cl)cc3)o2)c([N+](=O)[O-])cc1OC. The highest BCUT2D eigenvalue weighted by Gasteiger charge is 2.26. The summed E-state index contributed by atoms with van der Waals surface area (Å²) in [5, 5.41) is 14.5. The predicted molar refractivity (Wildman–Crippen MR) is 117 cm³/mol. The number of hydrogen-bond donors (Lipinski definition) is 1. The highest BCUT2D eigenvalue weighted by Crippen LogP contribution is 2.34. The zero-order valence-corrected chi connectivity index (χ0v) is 18.4. The van der Waals surface area contributed by atoms with Crippen LogP contribution in [0.3, 0.4) is 0 Å². The molecule has 0 bridgehead atoms. The van der Waals surface area contributed by atoms with E-state index >= 15 is 0 Å². The molecule has 1 aromatic heterocycles. The van der Waals surface area contributed by atoms with E-state index < -0.39 is 29.1 Å². The minimum Gasteiger partial charge on any atom is -0.493 e. The van der Waals surface area contributed by atoms with Crippen molar-refractivity contribution < 1.29 is 33.1 Å². The van der Waals surface area contributed by atoms with Crippen molar-refractivity contribution in [3.8, 4) is 22.8 Å². The Morgan fingerprint density at radius 1 is 1.06 bits per heavy atom. The number of benzene rings is 2. The van der Waals surface area contributed by atoms with Crippen LogP contribution in [0.2, 0.25) is 5.02 Å². The standard InChI is InChI=1S/C22H19ClN2O8/c1-30-19-9-16(17(25(28)29)10-20(19)31-2)22(27)32-12-21(26)24-11-15-7-8-18(33-15)13-3-5-14(23)6-4-13/h3-10H,11-12H2,1-2H3,(H,24,26). The first-order chi connectivity index (χ1) is 15.8. The molecule has 0 aliphatic carbocycles. The number of carbonyl (C=O) groups excluding carboxylic acids is 2. The van der Waals surface area contributed by atoms with Gasteiger partial charge >= 0.3 is 5.97 Å². The van der Waals surface area contributed by atoms with E-state index in [-0.39, 0.29) is 23.6 Å². The largest absolute Gasteiger partial charge is 0.493 e. The number of nitro groups is 1. The second kappa shape index (κ2) is 10.5. The zero-order valence-electron chi connectivity index (χ0n) is 17.6. The maximum atomic E-state index is 12.4. The summed E-state index contributed by atoms with van der Waals surface area (Å²) in [6, 6.07) is 12.7. The molecule has 2 aromatic carbocycles. The fourth-order valence-electron chi connectivity index (χ4n) is 2.87. The number of nitro benzene ring substituents is 1. The lowest BCUT2D eigenvalue weighted by molar-refractivity contribution is -0.385. The van der Waals surface area contributed by atoms with Gasteiger partial charge in [-0.3, -0.25) is 14.9 Å². The van der Waals surface area contributed by atoms with Crippen molar-refractivity contribution in [2.24, 2.45) is 0 Å². The maximum absolute atomic E-state index is 12.4. The molecule has 0 spiro atoms. The summed E-state index contributed by atoms with van der Waals surface area (Å²) in [5.74, 6) is -0.404. The van der Waals surface area contributed by atoms with E-state index in [9.17, 15) is 19.7 Å². The van der Waals surface area contributed by atoms with E-state index in [1.807, 2.05) is 0 Å². The van der Waals surface area contributed by atoms with Gasteiger partial charge in [-0.05, 0) is 36.4 Å². The molecule has 0 unspecified atom stereocenters. The number of methoxy groups -OCH3 is 2. The van der Waals surface area contributed by atoms with Gasteiger partial charge in [0.15, 0.2) is 18.1 Å². The molecule has 1 N–H and O–H groups in total. The molecule has 1 amide bonds. The molecule has 1 heterocycles. The first kappa shape index (κ1) is 23.6. The van der Waals surface area contributed by atoms with E-state index in [4.69, 9.17) is 30.2 Å². The number of amides is 1. The monoisotopic (exact) mass is 474 g/mol. The molecule has 33 heavy (non-hydrogen) atoms. The van der Waals surface area contributed by atoms with Crippen LogP contribution in [-0.4, -0.2) is 37.6 Å². The maximum Gasteiger partial charge on any atom is 0.345 e. The zero-order chi connectivity index (χ0) is 24.0. The van der Waals surface area contributed by atoms with Gasteiger partial charge in [0.25, 0.3) is 11.6 Å². The minimum absolute atomic E-state index is 0.0560. The van der Waals surface area contributed by atoms with E-state index in [0.29, 0.717) is 16.5 Å². The molecule has 172 valence electrons. The fourth-order valence-corrected chi connectivity index (χ4v) is 3.00. The van der Waals surface area contributed by atoms with Crippen LogP contribution >= 0.6 is 11.6 Å². The molecule has 0 radical (unpaired) electrons. The Morgan fingerprint density at radius 3 is 2.36 bits per heavy atom. The molecule has 3 aromatic rings. The van der Waals surface area contributed by atoms with Gasteiger partial charge in [0.05, 0.1) is 31.8 Å². The number of halogens is 1. The minimum atomic E-state index is -1.05. The smallest absolute Gasteiger partial charge is 0.345 e. The molecule has 0 saturated heterocycles. The van der Waals surface area contributed by atoms with Crippen molar-refractivity contribution in [1.82, 2.24) is 5.32 Å². The topological polar surface area (TPSA) is 130 Å². The number of esters is 1. The number of rotatable bonds is 9. The molecule has 10 nitrogen and oxygen atoms in total. The second-order valence-corrected chi connectivity index (χ2v) is 7.04. The molecule has 0 aliphatic heterocycles. The van der Waals surface area contributed by atoms with Crippen LogP contribution in [0.1, 0.15) is 16.1 Å². The van der Waals surface area contributed by atoms with Gasteiger partial charge in [0, 0.05) is 16.7 Å². The number of ether oxygens (including phenoxy) is 3. The normalized spacial score (nSPS) is 10.4. The summed E-state index contributed by atoms with van der Waals surface area (Å²) < 4.78 is 20.7. The summed E-state index contributed by atoms with van der Waals surface area (Å²) in [5.41, 5.74) is -0.0881. The molecule has 0 aliphatic rings. The van der Waals surface area contributed by atoms with E-state index in [1.165, 1.54) is 14.2 Å². The van der Waals surface area contributed by atoms with Crippen molar-refractivity contribution >= 4 is 29.2 Å². The summed E-state index contributed by atoms with van der Waals surface area (Å²) in [4.78, 5) is 35.0. The van der Waals surface area contributed by atoms with Crippen LogP contribution < -0.4 is 14.8 Å². The second-order valence-electron chi connectivity index (χ2n) is 6.61. The predicted octanol–water partition coefficient (Wildman–Crippen LogP) is 4.00. The van der Waals surface area contributed by atoms with Crippen LogP contribution in [0.15, 0.2) is 52.9 Å². The third-order valence-corrected chi connectivity index (χ3v) is 4.75. The number of nitrogens with one attached hydrogen (secondary N) is 1. The van der Waals surface area contributed by atoms with Crippen molar-refractivity contribution in [3.05, 3.63) is 75.0 Å². The average Bonchev–Trinajstić information content (AvgIpc) is 3.29. The van der Waals surface area contributed by atoms with E-state index in [0.717, 1.165) is 17.7 Å². The van der Waals surface area contributed by atoms with Gasteiger partial charge in [-0.1, -0.05) is 11.6 Å². The molecule has 0 fully saturated rings. The van der Waals surface area contributed by atoms with Gasteiger partial charge in [0.1, 0.15) is 17.1 Å². The lowest BCUT2D eigenvalue weighted by atomic mass is 10.1. The van der Waals surface area contributed by atoms with Gasteiger partial charge in [0.2, 0.25) is 0 Å². The average molecular weight is 475 g/mol. The Bertz CT molecular complexity index is 1170. The number of carbonyl (C=O) groups is 2. The van der Waals surface area contributed by atoms with Crippen LogP contribution in [0.5, 0.6) is 11.5 Å². The van der Waals surface area contributed by atoms with E-state index in [1.54, 1.807) is 36.4 Å². The molecular formula is C22H19ClN2O8. The van der Waals surface area contributed by atoms with E-state index in [2.05, 4.69) is 5.32 Å². The van der Waals surface area contributed by atoms with Gasteiger partial charge in [-0.2, -0.15) is 0 Å². The van der Waals surface area contributed by atoms with Gasteiger partial charge < -0.3 is 23.9 Å². The van der Waals surface area contributed by atoms with Crippen LogP contribution in [0.25, 0.3) is 11.3 Å². The van der Waals surface area contributed by atoms with Crippen molar-refractivity contribution in [2.45, 2.75) is 6.54 Å². The molecule has 3 rings (SSSR count). The summed E-state index contributed by atoms with van der Waals surface area (Å²) in [7, 11) is 2.63. The number of hydrogen-bond acceptors (Lipinski definition) is 8. The van der Waals surface area contributed by atoms with Crippen molar-refractivity contribution in [1.29, 1.82) is 0 Å². The Labute approximate surface area is 193 Å². The quantitative estimate of drug-likeness (QED) is 0.280. The van der Waals surface area contributed by atoms with Crippen LogP contribution in [0, 0.1) is 10.1 Å². The highest BCUT2D eigenvalue weighted by atomic mass is 35.5. The Morgan fingerprint density at radius 2 is 1.73 bits per heavy atom. The van der Waals surface area contributed by atoms with Crippen LogP contribution in [0.4, 0.5) is 5.69 Å². The third kappa shape index (κ3) is 5.80. The first-order valence-corrected chi connectivity index (χ1v) is 9.89. The van der Waals surface area contributed by atoms with Gasteiger partial charge in [-0.15, -0.1) is 0 Å². The third-order valence-electron chi connectivity index (χ3n) is 4.50. The number of furan rings is 1. The summed E-state index contributed by atoms with van der Waals surface area (Å²) >= 11 is 5.87. The lowest BCUT2D eigenvalue weighted by Gasteiger charge is -2.10. The summed E-state index contributed by atoms with van der Waals surface area (Å²) in [6.45, 7) is -0.588. The summed E-state index contributed by atoms with van der Waals surface area (Å²) in [6.07, 6.45) is 0. The molecule has 0 atom stereocenters. The van der Waals surface area contributed by atoms with Crippen molar-refractivity contribution in [2.75, 3.05) is 20.8 Å². The molecule has 11 heteroatoms. The van der Waals surface area contributed by atoms with Gasteiger partial charge in [-0.25, -0.2) is 4.79 Å². The fraction of sp³-hybridized carbons (Fsp3) is 0.182. The number of nitrogens with zero attached hydrogens (tertiary/aromatic N) is 1.